The molecule has 0 aliphatic carbocycles. The lowest BCUT2D eigenvalue weighted by atomic mass is 10.1. The van der Waals surface area contributed by atoms with Crippen LogP contribution in [0.5, 0.6) is 17.2 Å². The molecule has 6 heteroatoms. The Kier molecular flexibility index (Phi) is 6.44. The monoisotopic (exact) mass is 396 g/mol. The van der Waals surface area contributed by atoms with Crippen LogP contribution < -0.4 is 14.2 Å². The molecule has 0 saturated carbocycles. The first-order valence-corrected chi connectivity index (χ1v) is 9.49. The summed E-state index contributed by atoms with van der Waals surface area (Å²) < 4.78 is 22.0. The van der Waals surface area contributed by atoms with Crippen molar-refractivity contribution in [1.29, 1.82) is 0 Å². The summed E-state index contributed by atoms with van der Waals surface area (Å²) >= 11 is 0. The fraction of sp³-hybridized carbons (Fsp3) is 0.348. The second-order valence-electron chi connectivity index (χ2n) is 6.95. The zero-order chi connectivity index (χ0) is 21.0. The normalized spacial score (nSPS) is 12.1. The zero-order valence-electron chi connectivity index (χ0n) is 17.9. The fourth-order valence-corrected chi connectivity index (χ4v) is 3.18. The van der Waals surface area contributed by atoms with Gasteiger partial charge < -0.3 is 18.6 Å². The Hall–Kier alpha value is -2.99. The summed E-state index contributed by atoms with van der Waals surface area (Å²) in [6.07, 6.45) is 0. The lowest BCUT2D eigenvalue weighted by molar-refractivity contribution is 0.249. The summed E-state index contributed by atoms with van der Waals surface area (Å²) in [6.45, 7) is 4.78. The van der Waals surface area contributed by atoms with E-state index in [4.69, 9.17) is 23.6 Å². The van der Waals surface area contributed by atoms with E-state index in [1.807, 2.05) is 37.3 Å². The number of hydrogen-bond donors (Lipinski definition) is 0. The molecule has 1 unspecified atom stereocenters. The van der Waals surface area contributed by atoms with Gasteiger partial charge in [0.2, 0.25) is 5.89 Å². The Balaban J connectivity index is 1.79. The van der Waals surface area contributed by atoms with Gasteiger partial charge in [-0.1, -0.05) is 12.1 Å². The number of ether oxygens (including phenoxy) is 3. The molecule has 1 atom stereocenters. The number of aromatic nitrogens is 1. The van der Waals surface area contributed by atoms with E-state index >= 15 is 0 Å². The summed E-state index contributed by atoms with van der Waals surface area (Å²) in [4.78, 5) is 6.98. The van der Waals surface area contributed by atoms with Gasteiger partial charge in [0.1, 0.15) is 23.0 Å². The van der Waals surface area contributed by atoms with Crippen LogP contribution in [-0.4, -0.2) is 38.3 Å². The average Bonchev–Trinajstić information content (AvgIpc) is 3.12. The number of hydrogen-bond acceptors (Lipinski definition) is 6. The number of rotatable bonds is 8. The number of methoxy groups -OCH3 is 3. The van der Waals surface area contributed by atoms with Crippen molar-refractivity contribution in [2.24, 2.45) is 0 Å². The van der Waals surface area contributed by atoms with Gasteiger partial charge in [-0.3, -0.25) is 4.90 Å². The van der Waals surface area contributed by atoms with E-state index in [-0.39, 0.29) is 6.04 Å². The Morgan fingerprint density at radius 3 is 2.24 bits per heavy atom. The highest BCUT2D eigenvalue weighted by Crippen LogP contribution is 2.34. The molecule has 0 saturated heterocycles. The smallest absolute Gasteiger partial charge is 0.230 e. The number of oxazole rings is 1. The molecule has 0 bridgehead atoms. The van der Waals surface area contributed by atoms with E-state index < -0.39 is 0 Å². The van der Waals surface area contributed by atoms with Crippen LogP contribution >= 0.6 is 0 Å². The van der Waals surface area contributed by atoms with Crippen LogP contribution in [-0.2, 0) is 6.54 Å². The predicted octanol–water partition coefficient (Wildman–Crippen LogP) is 4.87. The van der Waals surface area contributed by atoms with Gasteiger partial charge in [0.05, 0.1) is 32.6 Å². The molecule has 2 aromatic carbocycles. The SMILES string of the molecule is COc1ccc(C(C)N(C)Cc2nc(-c3ccc(OC)cc3OC)oc2C)cc1. The van der Waals surface area contributed by atoms with E-state index in [9.17, 15) is 0 Å². The standard InChI is InChI=1S/C23H28N2O4/c1-15(17-7-9-18(26-4)10-8-17)25(3)14-21-16(2)29-23(24-21)20-12-11-19(27-5)13-22(20)28-6/h7-13,15H,14H2,1-6H3. The fourth-order valence-electron chi connectivity index (χ4n) is 3.18. The third kappa shape index (κ3) is 4.54. The molecule has 1 aromatic heterocycles. The molecule has 3 rings (SSSR count). The van der Waals surface area contributed by atoms with Gasteiger partial charge in [0, 0.05) is 18.7 Å². The van der Waals surface area contributed by atoms with Crippen molar-refractivity contribution in [3.8, 4) is 28.7 Å². The highest BCUT2D eigenvalue weighted by Gasteiger charge is 2.19. The summed E-state index contributed by atoms with van der Waals surface area (Å²) in [5.41, 5.74) is 2.92. The van der Waals surface area contributed by atoms with Crippen LogP contribution in [0.2, 0.25) is 0 Å². The highest BCUT2D eigenvalue weighted by atomic mass is 16.5. The molecule has 0 fully saturated rings. The lowest BCUT2D eigenvalue weighted by Gasteiger charge is -2.24. The Morgan fingerprint density at radius 2 is 1.62 bits per heavy atom. The summed E-state index contributed by atoms with van der Waals surface area (Å²) in [6, 6.07) is 13.9. The van der Waals surface area contributed by atoms with Crippen molar-refractivity contribution in [1.82, 2.24) is 9.88 Å². The first-order valence-electron chi connectivity index (χ1n) is 9.49. The molecular formula is C23H28N2O4. The van der Waals surface area contributed by atoms with E-state index in [2.05, 4.69) is 31.0 Å². The molecule has 0 N–H and O–H groups in total. The minimum absolute atomic E-state index is 0.218. The Morgan fingerprint density at radius 1 is 0.966 bits per heavy atom. The molecule has 29 heavy (non-hydrogen) atoms. The predicted molar refractivity (Wildman–Crippen MR) is 113 cm³/mol. The van der Waals surface area contributed by atoms with Gasteiger partial charge in [-0.25, -0.2) is 4.98 Å². The van der Waals surface area contributed by atoms with Crippen molar-refractivity contribution in [3.05, 3.63) is 59.5 Å². The second kappa shape index (κ2) is 9.01. The van der Waals surface area contributed by atoms with Crippen LogP contribution in [0.25, 0.3) is 11.5 Å². The molecule has 3 aromatic rings. The van der Waals surface area contributed by atoms with E-state index in [1.165, 1.54) is 5.56 Å². The van der Waals surface area contributed by atoms with E-state index in [1.54, 1.807) is 21.3 Å². The van der Waals surface area contributed by atoms with Crippen LogP contribution in [0.1, 0.15) is 30.0 Å². The summed E-state index contributed by atoms with van der Waals surface area (Å²) in [5, 5.41) is 0. The number of nitrogens with zero attached hydrogens (tertiary/aromatic N) is 2. The maximum Gasteiger partial charge on any atom is 0.230 e. The minimum Gasteiger partial charge on any atom is -0.497 e. The zero-order valence-corrected chi connectivity index (χ0v) is 17.9. The molecule has 0 aliphatic rings. The van der Waals surface area contributed by atoms with Crippen molar-refractivity contribution in [2.75, 3.05) is 28.4 Å². The third-order valence-electron chi connectivity index (χ3n) is 5.19. The first-order chi connectivity index (χ1) is 14.0. The van der Waals surface area contributed by atoms with E-state index in [0.29, 0.717) is 18.2 Å². The molecule has 154 valence electrons. The number of benzene rings is 2. The molecule has 1 heterocycles. The van der Waals surface area contributed by atoms with Gasteiger partial charge in [0.25, 0.3) is 0 Å². The van der Waals surface area contributed by atoms with Gasteiger partial charge >= 0.3 is 0 Å². The van der Waals surface area contributed by atoms with Gasteiger partial charge in [-0.05, 0) is 50.7 Å². The molecule has 0 radical (unpaired) electrons. The van der Waals surface area contributed by atoms with Crippen molar-refractivity contribution >= 4 is 0 Å². The first kappa shape index (κ1) is 20.7. The Labute approximate surface area is 172 Å². The lowest BCUT2D eigenvalue weighted by Crippen LogP contribution is -2.22. The van der Waals surface area contributed by atoms with Gasteiger partial charge in [-0.2, -0.15) is 0 Å². The maximum absolute atomic E-state index is 5.96. The quantitative estimate of drug-likeness (QED) is 0.541. The topological polar surface area (TPSA) is 57.0 Å². The summed E-state index contributed by atoms with van der Waals surface area (Å²) in [5.74, 6) is 3.59. The largest absolute Gasteiger partial charge is 0.497 e. The van der Waals surface area contributed by atoms with Crippen molar-refractivity contribution < 1.29 is 18.6 Å². The molecule has 0 aliphatic heterocycles. The maximum atomic E-state index is 5.96. The number of aryl methyl sites for hydroxylation is 1. The van der Waals surface area contributed by atoms with Crippen LogP contribution in [0.4, 0.5) is 0 Å². The van der Waals surface area contributed by atoms with Crippen molar-refractivity contribution in [2.45, 2.75) is 26.4 Å². The minimum atomic E-state index is 0.218. The molecule has 0 spiro atoms. The van der Waals surface area contributed by atoms with Gasteiger partial charge in [0.15, 0.2) is 0 Å². The second-order valence-corrected chi connectivity index (χ2v) is 6.95. The van der Waals surface area contributed by atoms with Gasteiger partial charge in [-0.15, -0.1) is 0 Å². The molecule has 6 nitrogen and oxygen atoms in total. The third-order valence-corrected chi connectivity index (χ3v) is 5.19. The van der Waals surface area contributed by atoms with E-state index in [0.717, 1.165) is 28.5 Å². The molecule has 0 amide bonds. The van der Waals surface area contributed by atoms with Crippen LogP contribution in [0, 0.1) is 6.92 Å². The Bertz CT molecular complexity index is 950. The average molecular weight is 396 g/mol. The highest BCUT2D eigenvalue weighted by molar-refractivity contribution is 5.65. The van der Waals surface area contributed by atoms with Crippen LogP contribution in [0.15, 0.2) is 46.9 Å². The molecular weight excluding hydrogens is 368 g/mol. The van der Waals surface area contributed by atoms with Crippen molar-refractivity contribution in [3.63, 3.8) is 0 Å². The van der Waals surface area contributed by atoms with Crippen LogP contribution in [0.3, 0.4) is 0 Å². The summed E-state index contributed by atoms with van der Waals surface area (Å²) in [7, 11) is 7.00.